The maximum atomic E-state index is 13.3. The molecule has 1 saturated carbocycles. The third kappa shape index (κ3) is 4.14. The molecule has 32 heavy (non-hydrogen) atoms. The molecule has 1 unspecified atom stereocenters. The molecule has 3 aliphatic rings. The number of aromatic nitrogens is 3. The number of hydrogen-bond acceptors (Lipinski definition) is 6. The lowest BCUT2D eigenvalue weighted by molar-refractivity contribution is 0.0908. The van der Waals surface area contributed by atoms with Crippen molar-refractivity contribution < 1.29 is 14.3 Å². The van der Waals surface area contributed by atoms with Crippen LogP contribution < -0.4 is 15.0 Å². The summed E-state index contributed by atoms with van der Waals surface area (Å²) in [6, 6.07) is 5.90. The Morgan fingerprint density at radius 3 is 2.88 bits per heavy atom. The number of anilines is 2. The molecule has 1 aliphatic carbocycles. The Hall–Kier alpha value is -3.13. The smallest absolute Gasteiger partial charge is 0.259 e. The number of nitrogens with one attached hydrogen (secondary N) is 2. The van der Waals surface area contributed by atoms with E-state index < -0.39 is 0 Å². The van der Waals surface area contributed by atoms with Gasteiger partial charge in [0.2, 0.25) is 0 Å². The molecule has 1 saturated heterocycles. The Morgan fingerprint density at radius 1 is 1.28 bits per heavy atom. The minimum Gasteiger partial charge on any atom is -0.487 e. The normalized spacial score (nSPS) is 22.0. The molecular weight excluding hydrogens is 406 g/mol. The van der Waals surface area contributed by atoms with Gasteiger partial charge in [0, 0.05) is 43.5 Å². The van der Waals surface area contributed by atoms with E-state index in [-0.39, 0.29) is 11.5 Å². The van der Waals surface area contributed by atoms with Crippen LogP contribution in [0.1, 0.15) is 41.4 Å². The van der Waals surface area contributed by atoms with Crippen LogP contribution in [-0.2, 0) is 11.2 Å². The highest BCUT2D eigenvalue weighted by molar-refractivity contribution is 6.06. The van der Waals surface area contributed by atoms with Gasteiger partial charge < -0.3 is 19.7 Å². The molecule has 2 fully saturated rings. The first-order chi connectivity index (χ1) is 15.5. The fraction of sp³-hybridized carbons (Fsp3) is 0.458. The molecule has 0 bridgehead atoms. The van der Waals surface area contributed by atoms with Crippen molar-refractivity contribution in [3.63, 3.8) is 0 Å². The predicted octanol–water partition coefficient (Wildman–Crippen LogP) is 3.43. The van der Waals surface area contributed by atoms with E-state index in [4.69, 9.17) is 9.47 Å². The Balaban J connectivity index is 1.50. The highest BCUT2D eigenvalue weighted by Gasteiger charge is 2.47. The lowest BCUT2D eigenvalue weighted by atomic mass is 9.94. The summed E-state index contributed by atoms with van der Waals surface area (Å²) in [4.78, 5) is 19.9. The number of H-pyrrole nitrogens is 1. The molecule has 168 valence electrons. The van der Waals surface area contributed by atoms with E-state index >= 15 is 0 Å². The van der Waals surface area contributed by atoms with Crippen LogP contribution in [0.2, 0.25) is 0 Å². The molecule has 3 heterocycles. The maximum Gasteiger partial charge on any atom is 0.259 e. The van der Waals surface area contributed by atoms with E-state index in [2.05, 4.69) is 44.5 Å². The summed E-state index contributed by atoms with van der Waals surface area (Å²) in [6.07, 6.45) is 8.10. The van der Waals surface area contributed by atoms with Crippen LogP contribution in [-0.4, -0.2) is 53.0 Å². The monoisotopic (exact) mass is 435 g/mol. The number of nitrogens with zero attached hydrogens (tertiary/aromatic N) is 3. The number of amides is 1. The van der Waals surface area contributed by atoms with Crippen LogP contribution in [0.5, 0.6) is 5.75 Å². The largest absolute Gasteiger partial charge is 0.487 e. The number of benzene rings is 1. The van der Waals surface area contributed by atoms with Gasteiger partial charge in [-0.1, -0.05) is 0 Å². The first-order valence-electron chi connectivity index (χ1n) is 11.2. The lowest BCUT2D eigenvalue weighted by Crippen LogP contribution is -2.36. The molecular formula is C24H29N5O3. The minimum atomic E-state index is -0.245. The third-order valence-corrected chi connectivity index (χ3v) is 6.53. The van der Waals surface area contributed by atoms with Gasteiger partial charge >= 0.3 is 0 Å². The van der Waals surface area contributed by atoms with Crippen molar-refractivity contribution in [3.05, 3.63) is 53.6 Å². The zero-order chi connectivity index (χ0) is 22.1. The van der Waals surface area contributed by atoms with Gasteiger partial charge in [0.05, 0.1) is 42.0 Å². The van der Waals surface area contributed by atoms with Gasteiger partial charge in [-0.25, -0.2) is 0 Å². The second kappa shape index (κ2) is 8.43. The Labute approximate surface area is 187 Å². The van der Waals surface area contributed by atoms with Crippen LogP contribution in [0.3, 0.4) is 0 Å². The molecule has 2 aliphatic heterocycles. The summed E-state index contributed by atoms with van der Waals surface area (Å²) >= 11 is 0. The quantitative estimate of drug-likeness (QED) is 0.765. The van der Waals surface area contributed by atoms with Crippen molar-refractivity contribution >= 4 is 17.3 Å². The highest BCUT2D eigenvalue weighted by Crippen LogP contribution is 2.50. The molecule has 1 aromatic carbocycles. The standard InChI is InChI=1S/C24H29N5O3/c1-16-19(15-27-26-7-3-6-25-16)23(30)28-20-12-17-14-24(2,18-4-5-18)32-22(17)13-21(20)29-8-10-31-11-9-29/h3,6-7,12-13,15,18,26H,4-5,8-11,14H2,1-2H3,(H,28,30). The Morgan fingerprint density at radius 2 is 2.09 bits per heavy atom. The zero-order valence-corrected chi connectivity index (χ0v) is 18.6. The van der Waals surface area contributed by atoms with Crippen molar-refractivity contribution in [2.45, 2.75) is 38.7 Å². The summed E-state index contributed by atoms with van der Waals surface area (Å²) in [5, 5.41) is 9.99. The number of ether oxygens (including phenoxy) is 2. The summed E-state index contributed by atoms with van der Waals surface area (Å²) in [7, 11) is 0. The fourth-order valence-electron chi connectivity index (χ4n) is 4.56. The SMILES string of the molecule is Cc1nccc[nH]ncc1C(=O)Nc1cc2c(cc1N1CCOCC1)OC(C)(C1CC1)C2. The number of aryl methyl sites for hydroxylation is 1. The van der Waals surface area contributed by atoms with E-state index in [1.54, 1.807) is 25.4 Å². The van der Waals surface area contributed by atoms with Gasteiger partial charge in [-0.05, 0) is 44.7 Å². The average molecular weight is 436 g/mol. The van der Waals surface area contributed by atoms with Gasteiger partial charge in [0.1, 0.15) is 11.4 Å². The van der Waals surface area contributed by atoms with E-state index in [1.807, 2.05) is 0 Å². The fourth-order valence-corrected chi connectivity index (χ4v) is 4.56. The van der Waals surface area contributed by atoms with Crippen molar-refractivity contribution in [1.29, 1.82) is 0 Å². The van der Waals surface area contributed by atoms with E-state index in [9.17, 15) is 4.79 Å². The number of aromatic amines is 1. The summed E-state index contributed by atoms with van der Waals surface area (Å²) in [6.45, 7) is 6.87. The average Bonchev–Trinajstić information content (AvgIpc) is 3.57. The van der Waals surface area contributed by atoms with Crippen molar-refractivity contribution in [1.82, 2.24) is 15.2 Å². The van der Waals surface area contributed by atoms with Gasteiger partial charge in [0.15, 0.2) is 0 Å². The summed E-state index contributed by atoms with van der Waals surface area (Å²) in [5.41, 5.74) is 3.74. The second-order valence-corrected chi connectivity index (χ2v) is 8.92. The second-order valence-electron chi connectivity index (χ2n) is 8.92. The highest BCUT2D eigenvalue weighted by atomic mass is 16.5. The molecule has 2 aromatic rings. The molecule has 8 heteroatoms. The zero-order valence-electron chi connectivity index (χ0n) is 18.6. The number of rotatable bonds is 4. The molecule has 1 atom stereocenters. The van der Waals surface area contributed by atoms with Crippen LogP contribution in [0.15, 0.2) is 36.8 Å². The first-order valence-corrected chi connectivity index (χ1v) is 11.2. The lowest BCUT2D eigenvalue weighted by Gasteiger charge is -2.31. The predicted molar refractivity (Wildman–Crippen MR) is 122 cm³/mol. The summed E-state index contributed by atoms with van der Waals surface area (Å²) < 4.78 is 12.0. The number of fused-ring (bicyclic) bond motifs is 1. The number of carbonyl (C=O) groups excluding carboxylic acids is 1. The van der Waals surface area contributed by atoms with E-state index in [0.29, 0.717) is 30.4 Å². The number of carbonyl (C=O) groups is 1. The first kappa shape index (κ1) is 20.8. The topological polar surface area (TPSA) is 92.4 Å². The summed E-state index contributed by atoms with van der Waals surface area (Å²) in [5.74, 6) is 1.30. The Kier molecular flexibility index (Phi) is 5.46. The van der Waals surface area contributed by atoms with Gasteiger partial charge in [0.25, 0.3) is 5.91 Å². The van der Waals surface area contributed by atoms with Crippen LogP contribution in [0.25, 0.3) is 0 Å². The number of hydrogen-bond donors (Lipinski definition) is 2. The molecule has 2 N–H and O–H groups in total. The molecule has 0 spiro atoms. The molecule has 0 radical (unpaired) electrons. The van der Waals surface area contributed by atoms with E-state index in [0.717, 1.165) is 42.2 Å². The van der Waals surface area contributed by atoms with Gasteiger partial charge in [-0.15, -0.1) is 0 Å². The van der Waals surface area contributed by atoms with Crippen LogP contribution >= 0.6 is 0 Å². The molecule has 5 rings (SSSR count). The van der Waals surface area contributed by atoms with Crippen LogP contribution in [0, 0.1) is 12.8 Å². The third-order valence-electron chi connectivity index (χ3n) is 6.53. The molecule has 1 amide bonds. The van der Waals surface area contributed by atoms with Gasteiger partial charge in [-0.2, -0.15) is 5.10 Å². The van der Waals surface area contributed by atoms with Crippen molar-refractivity contribution in [2.24, 2.45) is 5.92 Å². The molecule has 8 nitrogen and oxygen atoms in total. The van der Waals surface area contributed by atoms with Crippen molar-refractivity contribution in [3.8, 4) is 5.75 Å². The van der Waals surface area contributed by atoms with Gasteiger partial charge in [-0.3, -0.25) is 14.9 Å². The van der Waals surface area contributed by atoms with Crippen molar-refractivity contribution in [2.75, 3.05) is 36.5 Å². The number of morpholine rings is 1. The van der Waals surface area contributed by atoms with E-state index in [1.165, 1.54) is 19.0 Å². The Bertz CT molecular complexity index is 1070. The molecule has 1 aromatic heterocycles. The minimum absolute atomic E-state index is 0.149. The maximum absolute atomic E-state index is 13.3. The van der Waals surface area contributed by atoms with Crippen LogP contribution in [0.4, 0.5) is 11.4 Å².